The van der Waals surface area contributed by atoms with Gasteiger partial charge in [-0.15, -0.1) is 0 Å². The lowest BCUT2D eigenvalue weighted by Crippen LogP contribution is -2.25. The van der Waals surface area contributed by atoms with Gasteiger partial charge in [0, 0.05) is 21.6 Å². The van der Waals surface area contributed by atoms with Crippen molar-refractivity contribution in [1.29, 1.82) is 0 Å². The van der Waals surface area contributed by atoms with Gasteiger partial charge >= 0.3 is 0 Å². The lowest BCUT2D eigenvalue weighted by Gasteiger charge is -2.22. The maximum atomic E-state index is 13.5. The lowest BCUT2D eigenvalue weighted by atomic mass is 9.88. The van der Waals surface area contributed by atoms with Gasteiger partial charge < -0.3 is 14.8 Å². The zero-order valence-corrected chi connectivity index (χ0v) is 23.5. The first-order valence-electron chi connectivity index (χ1n) is 13.0. The minimum absolute atomic E-state index is 0.162. The number of nitrogens with zero attached hydrogens (tertiary/aromatic N) is 3. The first-order valence-corrected chi connectivity index (χ1v) is 13.8. The number of carbonyl (C=O) groups excluding carboxylic acids is 1. The lowest BCUT2D eigenvalue weighted by molar-refractivity contribution is -0.118. The van der Waals surface area contributed by atoms with E-state index in [0.29, 0.717) is 43.9 Å². The van der Waals surface area contributed by atoms with Crippen LogP contribution in [-0.4, -0.2) is 35.5 Å². The highest BCUT2D eigenvalue weighted by molar-refractivity contribution is 9.10. The molecule has 40 heavy (non-hydrogen) atoms. The van der Waals surface area contributed by atoms with E-state index in [9.17, 15) is 14.0 Å². The summed E-state index contributed by atoms with van der Waals surface area (Å²) < 4.78 is 26.6. The SMILES string of the molecule is COc1cc(C=Nn2c(C3CCCCC3)nc3ccccc3c2=O)c(Br)cc1OCC(=O)Nc1cccc(F)c1. The molecule has 1 aromatic heterocycles. The Morgan fingerprint density at radius 3 is 2.70 bits per heavy atom. The van der Waals surface area contributed by atoms with Crippen LogP contribution in [0, 0.1) is 5.82 Å². The average Bonchev–Trinajstić information content (AvgIpc) is 2.96. The number of methoxy groups -OCH3 is 1. The maximum absolute atomic E-state index is 13.5. The molecular weight excluding hydrogens is 579 g/mol. The summed E-state index contributed by atoms with van der Waals surface area (Å²) in [5.74, 6) is 0.637. The molecule has 0 unspecified atom stereocenters. The summed E-state index contributed by atoms with van der Waals surface area (Å²) in [5.41, 5.74) is 1.43. The number of aromatic nitrogens is 2. The second-order valence-electron chi connectivity index (χ2n) is 9.56. The van der Waals surface area contributed by atoms with Gasteiger partial charge in [-0.2, -0.15) is 9.78 Å². The van der Waals surface area contributed by atoms with E-state index in [1.54, 1.807) is 30.5 Å². The van der Waals surface area contributed by atoms with Gasteiger partial charge in [0.1, 0.15) is 11.6 Å². The molecule has 0 aliphatic heterocycles. The van der Waals surface area contributed by atoms with Crippen LogP contribution in [0.15, 0.2) is 75.0 Å². The van der Waals surface area contributed by atoms with Crippen molar-refractivity contribution in [1.82, 2.24) is 9.66 Å². The quantitative estimate of drug-likeness (QED) is 0.239. The van der Waals surface area contributed by atoms with E-state index in [4.69, 9.17) is 14.5 Å². The molecule has 1 aliphatic carbocycles. The van der Waals surface area contributed by atoms with E-state index >= 15 is 0 Å². The van der Waals surface area contributed by atoms with Crippen LogP contribution in [0.2, 0.25) is 0 Å². The van der Waals surface area contributed by atoms with Crippen LogP contribution >= 0.6 is 15.9 Å². The maximum Gasteiger partial charge on any atom is 0.282 e. The van der Waals surface area contributed by atoms with Crippen LogP contribution in [-0.2, 0) is 4.79 Å². The minimum atomic E-state index is -0.451. The molecule has 0 atom stereocenters. The number of para-hydroxylation sites is 1. The van der Waals surface area contributed by atoms with Crippen molar-refractivity contribution in [2.24, 2.45) is 5.10 Å². The van der Waals surface area contributed by atoms with Crippen molar-refractivity contribution in [3.05, 3.63) is 92.7 Å². The minimum Gasteiger partial charge on any atom is -0.493 e. The van der Waals surface area contributed by atoms with Gasteiger partial charge in [-0.25, -0.2) is 9.37 Å². The number of ether oxygens (including phenoxy) is 2. The number of benzene rings is 3. The predicted octanol–water partition coefficient (Wildman–Crippen LogP) is 6.25. The van der Waals surface area contributed by atoms with Crippen LogP contribution in [0.3, 0.4) is 0 Å². The number of carbonyl (C=O) groups is 1. The van der Waals surface area contributed by atoms with E-state index in [1.807, 2.05) is 18.2 Å². The number of hydrogen-bond donors (Lipinski definition) is 1. The Bertz CT molecular complexity index is 1630. The zero-order chi connectivity index (χ0) is 28.1. The summed E-state index contributed by atoms with van der Waals surface area (Å²) >= 11 is 3.53. The van der Waals surface area contributed by atoms with Gasteiger partial charge in [0.05, 0.1) is 24.2 Å². The fraction of sp³-hybridized carbons (Fsp3) is 0.267. The molecule has 1 saturated carbocycles. The summed E-state index contributed by atoms with van der Waals surface area (Å²) in [6.07, 6.45) is 6.90. The highest BCUT2D eigenvalue weighted by Gasteiger charge is 2.22. The van der Waals surface area contributed by atoms with Crippen molar-refractivity contribution in [3.8, 4) is 11.5 Å². The number of fused-ring (bicyclic) bond motifs is 1. The summed E-state index contributed by atoms with van der Waals surface area (Å²) in [7, 11) is 1.49. The average molecular weight is 607 g/mol. The summed E-state index contributed by atoms with van der Waals surface area (Å²) in [6, 6.07) is 16.3. The molecule has 5 rings (SSSR count). The molecule has 8 nitrogen and oxygen atoms in total. The molecule has 0 saturated heterocycles. The van der Waals surface area contributed by atoms with Crippen molar-refractivity contribution in [2.45, 2.75) is 38.0 Å². The van der Waals surface area contributed by atoms with Gasteiger partial charge in [-0.3, -0.25) is 9.59 Å². The third kappa shape index (κ3) is 6.22. The Balaban J connectivity index is 1.40. The number of anilines is 1. The van der Waals surface area contributed by atoms with E-state index in [2.05, 4.69) is 26.3 Å². The third-order valence-electron chi connectivity index (χ3n) is 6.81. The van der Waals surface area contributed by atoms with Crippen LogP contribution in [0.25, 0.3) is 10.9 Å². The number of nitrogens with one attached hydrogen (secondary N) is 1. The molecule has 4 aromatic rings. The van der Waals surface area contributed by atoms with Gasteiger partial charge in [0.25, 0.3) is 11.5 Å². The van der Waals surface area contributed by atoms with Crippen molar-refractivity contribution >= 4 is 44.6 Å². The molecule has 1 N–H and O–H groups in total. The Morgan fingerprint density at radius 2 is 1.93 bits per heavy atom. The highest BCUT2D eigenvalue weighted by atomic mass is 79.9. The van der Waals surface area contributed by atoms with Gasteiger partial charge in [0.15, 0.2) is 18.1 Å². The smallest absolute Gasteiger partial charge is 0.282 e. The number of amides is 1. The normalized spacial score (nSPS) is 14.0. The third-order valence-corrected chi connectivity index (χ3v) is 7.50. The highest BCUT2D eigenvalue weighted by Crippen LogP contribution is 2.34. The number of rotatable bonds is 8. The van der Waals surface area contributed by atoms with Crippen molar-refractivity contribution in [3.63, 3.8) is 0 Å². The standard InChI is InChI=1S/C30H28BrFN4O4/c1-39-26-14-20(24(31)16-27(26)40-18-28(37)34-22-11-7-10-21(32)15-22)17-33-36-29(19-8-3-2-4-9-19)35-25-13-6-5-12-23(25)30(36)38/h5-7,10-17,19H,2-4,8-9,18H2,1H3,(H,34,37). The van der Waals surface area contributed by atoms with Gasteiger partial charge in [-0.05, 0) is 71.2 Å². The molecule has 1 fully saturated rings. The van der Waals surface area contributed by atoms with Crippen LogP contribution < -0.4 is 20.3 Å². The second-order valence-corrected chi connectivity index (χ2v) is 10.4. The van der Waals surface area contributed by atoms with E-state index in [0.717, 1.165) is 25.7 Å². The molecule has 1 aliphatic rings. The molecule has 0 spiro atoms. The summed E-state index contributed by atoms with van der Waals surface area (Å²) in [5, 5.41) is 7.69. The topological polar surface area (TPSA) is 94.8 Å². The largest absolute Gasteiger partial charge is 0.493 e. The van der Waals surface area contributed by atoms with Gasteiger partial charge in [-0.1, -0.05) is 37.5 Å². The van der Waals surface area contributed by atoms with E-state index < -0.39 is 11.7 Å². The van der Waals surface area contributed by atoms with Crippen molar-refractivity contribution < 1.29 is 18.7 Å². The Kier molecular flexibility index (Phi) is 8.54. The Labute approximate surface area is 239 Å². The molecule has 3 aromatic carbocycles. The molecule has 10 heteroatoms. The molecule has 1 amide bonds. The first-order chi connectivity index (χ1) is 19.4. The van der Waals surface area contributed by atoms with Crippen LogP contribution in [0.4, 0.5) is 10.1 Å². The zero-order valence-electron chi connectivity index (χ0n) is 21.9. The van der Waals surface area contributed by atoms with Crippen LogP contribution in [0.5, 0.6) is 11.5 Å². The van der Waals surface area contributed by atoms with E-state index in [-0.39, 0.29) is 18.1 Å². The fourth-order valence-corrected chi connectivity index (χ4v) is 5.25. The van der Waals surface area contributed by atoms with Crippen molar-refractivity contribution in [2.75, 3.05) is 19.0 Å². The molecule has 1 heterocycles. The van der Waals surface area contributed by atoms with Crippen LogP contribution in [0.1, 0.15) is 49.4 Å². The molecule has 0 bridgehead atoms. The monoisotopic (exact) mass is 606 g/mol. The number of halogens is 2. The summed E-state index contributed by atoms with van der Waals surface area (Å²) in [4.78, 5) is 30.6. The Hall–Kier alpha value is -4.05. The molecule has 206 valence electrons. The molecule has 0 radical (unpaired) electrons. The fourth-order valence-electron chi connectivity index (χ4n) is 4.83. The first kappa shape index (κ1) is 27.5. The summed E-state index contributed by atoms with van der Waals surface area (Å²) in [6.45, 7) is -0.310. The number of hydrogen-bond acceptors (Lipinski definition) is 6. The second kappa shape index (κ2) is 12.4. The molecular formula is C30H28BrFN4O4. The van der Waals surface area contributed by atoms with E-state index in [1.165, 1.54) is 36.4 Å². The Morgan fingerprint density at radius 1 is 1.12 bits per heavy atom. The predicted molar refractivity (Wildman–Crippen MR) is 156 cm³/mol. The van der Waals surface area contributed by atoms with Gasteiger partial charge in [0.2, 0.25) is 0 Å².